The number of hydrogen-bond acceptors (Lipinski definition) is 5. The van der Waals surface area contributed by atoms with E-state index >= 15 is 0 Å². The molecule has 7 heteroatoms. The van der Waals surface area contributed by atoms with Gasteiger partial charge in [0.05, 0.1) is 11.0 Å². The van der Waals surface area contributed by atoms with Gasteiger partial charge in [-0.1, -0.05) is 6.07 Å². The second-order valence-corrected chi connectivity index (χ2v) is 5.49. The van der Waals surface area contributed by atoms with Crippen LogP contribution in [0.1, 0.15) is 28.9 Å². The fourth-order valence-electron chi connectivity index (χ4n) is 2.10. The number of nitrogens with zero attached hydrogens (tertiary/aromatic N) is 2. The van der Waals surface area contributed by atoms with Crippen molar-refractivity contribution in [3.63, 3.8) is 0 Å². The zero-order valence-electron chi connectivity index (χ0n) is 13.6. The molecule has 0 saturated carbocycles. The van der Waals surface area contributed by atoms with Crippen LogP contribution in [0.4, 0.5) is 5.69 Å². The molecule has 1 atom stereocenters. The standard InChI is InChI=1S/C17H18N2O5/c1-11(20)12-7-8-15(19(22)23)16(10-12)24-14-6-4-5-13(9-14)17(21)18(2)3/h4-11,20H,1-3H3/t11-/m1/s1. The molecule has 0 aliphatic heterocycles. The van der Waals surface area contributed by atoms with Crippen LogP contribution < -0.4 is 4.74 Å². The number of hydrogen-bond donors (Lipinski definition) is 1. The molecule has 0 aromatic heterocycles. The summed E-state index contributed by atoms with van der Waals surface area (Å²) in [7, 11) is 3.26. The SMILES string of the molecule is C[C@@H](O)c1ccc([N+](=O)[O-])c(Oc2cccc(C(=O)N(C)C)c2)c1. The highest BCUT2D eigenvalue weighted by Gasteiger charge is 2.18. The maximum Gasteiger partial charge on any atom is 0.311 e. The Kier molecular flexibility index (Phi) is 5.15. The van der Waals surface area contributed by atoms with Gasteiger partial charge in [-0.05, 0) is 42.8 Å². The molecule has 0 aliphatic rings. The van der Waals surface area contributed by atoms with Crippen LogP contribution in [-0.2, 0) is 0 Å². The summed E-state index contributed by atoms with van der Waals surface area (Å²) >= 11 is 0. The quantitative estimate of drug-likeness (QED) is 0.671. The highest BCUT2D eigenvalue weighted by atomic mass is 16.6. The maximum atomic E-state index is 12.0. The first-order valence-electron chi connectivity index (χ1n) is 7.25. The molecule has 24 heavy (non-hydrogen) atoms. The van der Waals surface area contributed by atoms with Crippen molar-refractivity contribution in [2.75, 3.05) is 14.1 Å². The third-order valence-electron chi connectivity index (χ3n) is 3.38. The first-order chi connectivity index (χ1) is 11.3. The predicted molar refractivity (Wildman–Crippen MR) is 88.3 cm³/mol. The van der Waals surface area contributed by atoms with E-state index in [9.17, 15) is 20.0 Å². The Labute approximate surface area is 139 Å². The first kappa shape index (κ1) is 17.4. The van der Waals surface area contributed by atoms with Crippen molar-refractivity contribution in [3.05, 3.63) is 63.7 Å². The Balaban J connectivity index is 2.40. The van der Waals surface area contributed by atoms with Crippen molar-refractivity contribution >= 4 is 11.6 Å². The van der Waals surface area contributed by atoms with Crippen molar-refractivity contribution in [1.82, 2.24) is 4.90 Å². The molecule has 126 valence electrons. The van der Waals surface area contributed by atoms with Crippen molar-refractivity contribution in [3.8, 4) is 11.5 Å². The van der Waals surface area contributed by atoms with Crippen molar-refractivity contribution in [1.29, 1.82) is 0 Å². The maximum absolute atomic E-state index is 12.0. The summed E-state index contributed by atoms with van der Waals surface area (Å²) in [5.74, 6) is 0.106. The number of nitro groups is 1. The zero-order valence-corrected chi connectivity index (χ0v) is 13.6. The van der Waals surface area contributed by atoms with Crippen molar-refractivity contribution in [2.24, 2.45) is 0 Å². The number of carbonyl (C=O) groups excluding carboxylic acids is 1. The minimum absolute atomic E-state index is 0.00727. The average Bonchev–Trinajstić information content (AvgIpc) is 2.53. The molecule has 0 radical (unpaired) electrons. The molecule has 0 aliphatic carbocycles. The van der Waals surface area contributed by atoms with Crippen LogP contribution in [0.15, 0.2) is 42.5 Å². The van der Waals surface area contributed by atoms with E-state index in [0.29, 0.717) is 16.9 Å². The minimum atomic E-state index is -0.783. The monoisotopic (exact) mass is 330 g/mol. The number of aliphatic hydroxyl groups is 1. The van der Waals surface area contributed by atoms with Crippen molar-refractivity contribution in [2.45, 2.75) is 13.0 Å². The van der Waals surface area contributed by atoms with E-state index in [-0.39, 0.29) is 17.3 Å². The molecule has 2 rings (SSSR count). The Morgan fingerprint density at radius 1 is 1.25 bits per heavy atom. The van der Waals surface area contributed by atoms with E-state index in [2.05, 4.69) is 0 Å². The van der Waals surface area contributed by atoms with Gasteiger partial charge in [0, 0.05) is 25.7 Å². The summed E-state index contributed by atoms with van der Waals surface area (Å²) in [6.07, 6.45) is -0.783. The number of amides is 1. The number of carbonyl (C=O) groups is 1. The smallest absolute Gasteiger partial charge is 0.311 e. The third kappa shape index (κ3) is 3.88. The molecule has 2 aromatic carbocycles. The highest BCUT2D eigenvalue weighted by molar-refractivity contribution is 5.94. The van der Waals surface area contributed by atoms with E-state index in [4.69, 9.17) is 4.74 Å². The molecule has 1 N–H and O–H groups in total. The minimum Gasteiger partial charge on any atom is -0.450 e. The number of ether oxygens (including phenoxy) is 1. The van der Waals surface area contributed by atoms with Crippen LogP contribution in [0.3, 0.4) is 0 Å². The van der Waals surface area contributed by atoms with Crippen LogP contribution >= 0.6 is 0 Å². The fraction of sp³-hybridized carbons (Fsp3) is 0.235. The highest BCUT2D eigenvalue weighted by Crippen LogP contribution is 2.34. The van der Waals surface area contributed by atoms with Gasteiger partial charge in [0.2, 0.25) is 5.75 Å². The van der Waals surface area contributed by atoms with Gasteiger partial charge in [-0.2, -0.15) is 0 Å². The number of aliphatic hydroxyl groups excluding tert-OH is 1. The second kappa shape index (κ2) is 7.10. The summed E-state index contributed by atoms with van der Waals surface area (Å²) in [5, 5.41) is 20.8. The second-order valence-electron chi connectivity index (χ2n) is 5.49. The lowest BCUT2D eigenvalue weighted by Crippen LogP contribution is -2.21. The van der Waals surface area contributed by atoms with E-state index in [1.807, 2.05) is 0 Å². The number of rotatable bonds is 5. The third-order valence-corrected chi connectivity index (χ3v) is 3.38. The molecule has 0 fully saturated rings. The summed E-state index contributed by atoms with van der Waals surface area (Å²) < 4.78 is 5.61. The molecule has 0 unspecified atom stereocenters. The lowest BCUT2D eigenvalue weighted by Gasteiger charge is -2.13. The molecule has 0 bridgehead atoms. The lowest BCUT2D eigenvalue weighted by atomic mass is 10.1. The van der Waals surface area contributed by atoms with E-state index in [0.717, 1.165) is 0 Å². The Hall–Kier alpha value is -2.93. The van der Waals surface area contributed by atoms with Gasteiger partial charge < -0.3 is 14.7 Å². The first-order valence-corrected chi connectivity index (χ1v) is 7.25. The van der Waals surface area contributed by atoms with Gasteiger partial charge in [0.25, 0.3) is 5.91 Å². The Bertz CT molecular complexity index is 771. The van der Waals surface area contributed by atoms with Crippen molar-refractivity contribution < 1.29 is 19.6 Å². The number of nitro benzene ring substituents is 1. The van der Waals surface area contributed by atoms with Gasteiger partial charge in [-0.15, -0.1) is 0 Å². The largest absolute Gasteiger partial charge is 0.450 e. The van der Waals surface area contributed by atoms with Gasteiger partial charge in [0.15, 0.2) is 0 Å². The van der Waals surface area contributed by atoms with Crippen LogP contribution in [0.2, 0.25) is 0 Å². The molecule has 7 nitrogen and oxygen atoms in total. The fourth-order valence-corrected chi connectivity index (χ4v) is 2.10. The molecular formula is C17H18N2O5. The topological polar surface area (TPSA) is 92.9 Å². The van der Waals surface area contributed by atoms with Crippen LogP contribution in [0.25, 0.3) is 0 Å². The van der Waals surface area contributed by atoms with Crippen LogP contribution in [-0.4, -0.2) is 34.9 Å². The normalized spacial score (nSPS) is 11.7. The average molecular weight is 330 g/mol. The van der Waals surface area contributed by atoms with Gasteiger partial charge in [-0.25, -0.2) is 0 Å². The van der Waals surface area contributed by atoms with Gasteiger partial charge in [0.1, 0.15) is 5.75 Å². The summed E-state index contributed by atoms with van der Waals surface area (Å²) in [6, 6.07) is 10.6. The van der Waals surface area contributed by atoms with Crippen LogP contribution in [0, 0.1) is 10.1 Å². The number of benzene rings is 2. The lowest BCUT2D eigenvalue weighted by molar-refractivity contribution is -0.385. The molecular weight excluding hydrogens is 312 g/mol. The van der Waals surface area contributed by atoms with Gasteiger partial charge >= 0.3 is 5.69 Å². The Morgan fingerprint density at radius 3 is 2.54 bits per heavy atom. The van der Waals surface area contributed by atoms with E-state index in [1.165, 1.54) is 29.2 Å². The molecule has 0 saturated heterocycles. The summed E-state index contributed by atoms with van der Waals surface area (Å²) in [6.45, 7) is 1.56. The summed E-state index contributed by atoms with van der Waals surface area (Å²) in [4.78, 5) is 24.0. The predicted octanol–water partition coefficient (Wildman–Crippen LogP) is 3.14. The zero-order chi connectivity index (χ0) is 17.9. The molecule has 2 aromatic rings. The van der Waals surface area contributed by atoms with E-state index in [1.54, 1.807) is 39.2 Å². The molecule has 0 spiro atoms. The van der Waals surface area contributed by atoms with E-state index < -0.39 is 11.0 Å². The van der Waals surface area contributed by atoms with Crippen LogP contribution in [0.5, 0.6) is 11.5 Å². The summed E-state index contributed by atoms with van der Waals surface area (Å²) in [5.41, 5.74) is 0.687. The Morgan fingerprint density at radius 2 is 1.96 bits per heavy atom. The van der Waals surface area contributed by atoms with Gasteiger partial charge in [-0.3, -0.25) is 14.9 Å². The molecule has 1 amide bonds. The molecule has 0 heterocycles.